The minimum Gasteiger partial charge on any atom is -0.380 e. The highest BCUT2D eigenvalue weighted by atomic mass is 16.5. The van der Waals surface area contributed by atoms with Gasteiger partial charge in [0.15, 0.2) is 0 Å². The molecule has 0 bridgehead atoms. The molecule has 0 radical (unpaired) electrons. The van der Waals surface area contributed by atoms with Crippen molar-refractivity contribution < 1.29 is 19.1 Å². The summed E-state index contributed by atoms with van der Waals surface area (Å²) in [5, 5.41) is 3.45. The number of hydrazine groups is 1. The highest BCUT2D eigenvalue weighted by molar-refractivity contribution is 6.09. The molecule has 3 rings (SSSR count). The number of rotatable bonds is 7. The number of nitrogens with one attached hydrogen (secondary N) is 2. The number of urea groups is 1. The number of hydrogen-bond acceptors (Lipinski definition) is 4. The molecule has 0 saturated carbocycles. The van der Waals surface area contributed by atoms with Gasteiger partial charge in [0.05, 0.1) is 6.61 Å². The summed E-state index contributed by atoms with van der Waals surface area (Å²) < 4.78 is 5.04. The summed E-state index contributed by atoms with van der Waals surface area (Å²) >= 11 is 0. The molecule has 1 heterocycles. The molecule has 2 N–H and O–H groups in total. The first-order chi connectivity index (χ1) is 13.4. The predicted octanol–water partition coefficient (Wildman–Crippen LogP) is 2.42. The van der Waals surface area contributed by atoms with Crippen molar-refractivity contribution in [3.05, 3.63) is 71.3 Å². The van der Waals surface area contributed by atoms with E-state index in [-0.39, 0.29) is 0 Å². The lowest BCUT2D eigenvalue weighted by molar-refractivity contribution is -0.132. The molecule has 146 valence electrons. The smallest absolute Gasteiger partial charge is 0.344 e. The molecule has 1 unspecified atom stereocenters. The van der Waals surface area contributed by atoms with Gasteiger partial charge in [-0.1, -0.05) is 42.5 Å². The Bertz CT molecular complexity index is 867. The third kappa shape index (κ3) is 4.20. The van der Waals surface area contributed by atoms with Crippen LogP contribution in [0.15, 0.2) is 54.6 Å². The highest BCUT2D eigenvalue weighted by Crippen LogP contribution is 2.22. The van der Waals surface area contributed by atoms with Crippen LogP contribution in [-0.2, 0) is 22.6 Å². The van der Waals surface area contributed by atoms with Crippen molar-refractivity contribution >= 4 is 17.8 Å². The molecule has 1 aliphatic rings. The van der Waals surface area contributed by atoms with Crippen LogP contribution in [0.5, 0.6) is 0 Å². The van der Waals surface area contributed by atoms with E-state index in [9.17, 15) is 14.4 Å². The van der Waals surface area contributed by atoms with Crippen LogP contribution in [0.25, 0.3) is 0 Å². The maximum absolute atomic E-state index is 12.8. The molecule has 7 heteroatoms. The van der Waals surface area contributed by atoms with E-state index in [1.54, 1.807) is 38.3 Å². The quantitative estimate of drug-likeness (QED) is 0.721. The third-order valence-corrected chi connectivity index (χ3v) is 4.76. The zero-order chi connectivity index (χ0) is 20.1. The molecule has 0 aromatic heterocycles. The summed E-state index contributed by atoms with van der Waals surface area (Å²) in [6.07, 6.45) is 1.06. The SMILES string of the molecule is COCc1ccc(C(=O)NN2C(=O)NC(C)(CCc3ccccc3)C2=O)cc1. The van der Waals surface area contributed by atoms with Gasteiger partial charge < -0.3 is 10.1 Å². The van der Waals surface area contributed by atoms with Gasteiger partial charge in [0.1, 0.15) is 5.54 Å². The van der Waals surface area contributed by atoms with E-state index in [2.05, 4.69) is 10.7 Å². The summed E-state index contributed by atoms with van der Waals surface area (Å²) in [5.41, 5.74) is 3.67. The topological polar surface area (TPSA) is 87.7 Å². The summed E-state index contributed by atoms with van der Waals surface area (Å²) in [6.45, 7) is 2.11. The second-order valence-electron chi connectivity index (χ2n) is 6.96. The molecule has 7 nitrogen and oxygen atoms in total. The Kier molecular flexibility index (Phi) is 5.75. The number of carbonyl (C=O) groups is 3. The monoisotopic (exact) mass is 381 g/mol. The number of methoxy groups -OCH3 is 1. The second-order valence-corrected chi connectivity index (χ2v) is 6.96. The van der Waals surface area contributed by atoms with Crippen LogP contribution in [-0.4, -0.2) is 35.5 Å². The van der Waals surface area contributed by atoms with Gasteiger partial charge in [-0.15, -0.1) is 0 Å². The first-order valence-electron chi connectivity index (χ1n) is 9.02. The Morgan fingerprint density at radius 3 is 2.39 bits per heavy atom. The number of hydrogen-bond donors (Lipinski definition) is 2. The molecular weight excluding hydrogens is 358 g/mol. The minimum absolute atomic E-state index is 0.346. The first-order valence-corrected chi connectivity index (χ1v) is 9.02. The predicted molar refractivity (Wildman–Crippen MR) is 103 cm³/mol. The lowest BCUT2D eigenvalue weighted by atomic mass is 9.93. The number of amides is 4. The average molecular weight is 381 g/mol. The molecule has 1 aliphatic heterocycles. The number of imide groups is 1. The van der Waals surface area contributed by atoms with Crippen LogP contribution >= 0.6 is 0 Å². The summed E-state index contributed by atoms with van der Waals surface area (Å²) in [5.74, 6) is -1.00. The second kappa shape index (κ2) is 8.22. The zero-order valence-corrected chi connectivity index (χ0v) is 15.9. The number of carbonyl (C=O) groups excluding carboxylic acids is 3. The summed E-state index contributed by atoms with van der Waals surface area (Å²) in [4.78, 5) is 37.5. The largest absolute Gasteiger partial charge is 0.380 e. The molecule has 4 amide bonds. The summed E-state index contributed by atoms with van der Waals surface area (Å²) in [7, 11) is 1.59. The maximum atomic E-state index is 12.8. The van der Waals surface area contributed by atoms with Crippen molar-refractivity contribution in [2.45, 2.75) is 31.9 Å². The van der Waals surface area contributed by atoms with E-state index >= 15 is 0 Å². The van der Waals surface area contributed by atoms with Gasteiger partial charge >= 0.3 is 6.03 Å². The zero-order valence-electron chi connectivity index (χ0n) is 15.9. The van der Waals surface area contributed by atoms with Crippen molar-refractivity contribution in [1.82, 2.24) is 15.8 Å². The number of aryl methyl sites for hydroxylation is 1. The molecule has 0 spiro atoms. The molecular formula is C21H23N3O4. The van der Waals surface area contributed by atoms with E-state index in [1.807, 2.05) is 30.3 Å². The number of ether oxygens (including phenoxy) is 1. The normalized spacial score (nSPS) is 18.9. The van der Waals surface area contributed by atoms with Crippen molar-refractivity contribution in [3.8, 4) is 0 Å². The Hall–Kier alpha value is -3.19. The average Bonchev–Trinajstić information content (AvgIpc) is 2.91. The van der Waals surface area contributed by atoms with E-state index in [0.29, 0.717) is 25.0 Å². The van der Waals surface area contributed by atoms with E-state index in [0.717, 1.165) is 16.1 Å². The lowest BCUT2D eigenvalue weighted by Crippen LogP contribution is -2.48. The minimum atomic E-state index is -1.07. The van der Waals surface area contributed by atoms with Crippen molar-refractivity contribution in [1.29, 1.82) is 0 Å². The fraction of sp³-hybridized carbons (Fsp3) is 0.286. The Balaban J connectivity index is 1.64. The number of benzene rings is 2. The molecule has 2 aromatic rings. The van der Waals surface area contributed by atoms with Gasteiger partial charge in [-0.05, 0) is 43.0 Å². The van der Waals surface area contributed by atoms with Crippen LogP contribution in [0.4, 0.5) is 4.79 Å². The van der Waals surface area contributed by atoms with Crippen LogP contribution < -0.4 is 10.7 Å². The standard InChI is InChI=1S/C21H23N3O4/c1-21(13-12-15-6-4-3-5-7-15)19(26)24(20(27)22-21)23-18(25)17-10-8-16(9-11-17)14-28-2/h3-11H,12-14H2,1-2H3,(H,22,27)(H,23,25). The van der Waals surface area contributed by atoms with Gasteiger partial charge in [0, 0.05) is 12.7 Å². The molecule has 1 fully saturated rings. The van der Waals surface area contributed by atoms with Gasteiger partial charge in [-0.25, -0.2) is 4.79 Å². The van der Waals surface area contributed by atoms with Crippen molar-refractivity contribution in [3.63, 3.8) is 0 Å². The maximum Gasteiger partial charge on any atom is 0.344 e. The van der Waals surface area contributed by atoms with Crippen LogP contribution in [0.3, 0.4) is 0 Å². The van der Waals surface area contributed by atoms with Gasteiger partial charge in [-0.2, -0.15) is 5.01 Å². The Morgan fingerprint density at radius 2 is 1.75 bits per heavy atom. The molecule has 28 heavy (non-hydrogen) atoms. The molecule has 1 atom stereocenters. The molecule has 0 aliphatic carbocycles. The fourth-order valence-corrected chi connectivity index (χ4v) is 3.08. The Labute approximate surface area is 163 Å². The Morgan fingerprint density at radius 1 is 1.07 bits per heavy atom. The van der Waals surface area contributed by atoms with E-state index in [1.165, 1.54) is 0 Å². The van der Waals surface area contributed by atoms with Crippen LogP contribution in [0, 0.1) is 0 Å². The van der Waals surface area contributed by atoms with Gasteiger partial charge in [0.25, 0.3) is 11.8 Å². The van der Waals surface area contributed by atoms with Crippen LogP contribution in [0.2, 0.25) is 0 Å². The summed E-state index contributed by atoms with van der Waals surface area (Å²) in [6, 6.07) is 15.8. The van der Waals surface area contributed by atoms with E-state index < -0.39 is 23.4 Å². The van der Waals surface area contributed by atoms with E-state index in [4.69, 9.17) is 4.74 Å². The van der Waals surface area contributed by atoms with Crippen molar-refractivity contribution in [2.75, 3.05) is 7.11 Å². The van der Waals surface area contributed by atoms with Gasteiger partial charge in [-0.3, -0.25) is 15.0 Å². The first kappa shape index (κ1) is 19.6. The molecule has 2 aromatic carbocycles. The lowest BCUT2D eigenvalue weighted by Gasteiger charge is -2.21. The fourth-order valence-electron chi connectivity index (χ4n) is 3.08. The third-order valence-electron chi connectivity index (χ3n) is 4.76. The number of nitrogens with zero attached hydrogens (tertiary/aromatic N) is 1. The van der Waals surface area contributed by atoms with Crippen molar-refractivity contribution in [2.24, 2.45) is 0 Å². The molecule has 1 saturated heterocycles. The van der Waals surface area contributed by atoms with Crippen LogP contribution in [0.1, 0.15) is 34.8 Å². The van der Waals surface area contributed by atoms with Gasteiger partial charge in [0.2, 0.25) is 0 Å². The highest BCUT2D eigenvalue weighted by Gasteiger charge is 2.48.